The van der Waals surface area contributed by atoms with Crippen molar-refractivity contribution in [2.24, 2.45) is 5.41 Å². The van der Waals surface area contributed by atoms with Gasteiger partial charge < -0.3 is 28.4 Å². The van der Waals surface area contributed by atoms with Gasteiger partial charge in [-0.25, -0.2) is 14.4 Å². The molecule has 0 unspecified atom stereocenters. The fraction of sp³-hybridized carbons (Fsp3) is 0.833. The lowest BCUT2D eigenvalue weighted by Crippen LogP contribution is -2.39. The van der Waals surface area contributed by atoms with Crippen molar-refractivity contribution >= 4 is 18.5 Å². The van der Waals surface area contributed by atoms with E-state index in [2.05, 4.69) is 0 Å². The molecule has 158 valence electrons. The summed E-state index contributed by atoms with van der Waals surface area (Å²) in [7, 11) is 0. The van der Waals surface area contributed by atoms with Crippen LogP contribution in [0.5, 0.6) is 0 Å². The van der Waals surface area contributed by atoms with Gasteiger partial charge in [-0.15, -0.1) is 0 Å². The van der Waals surface area contributed by atoms with E-state index in [-0.39, 0.29) is 39.6 Å². The Balaban J connectivity index is 4.82. The van der Waals surface area contributed by atoms with E-state index < -0.39 is 23.9 Å². The van der Waals surface area contributed by atoms with Crippen molar-refractivity contribution < 1.29 is 42.8 Å². The normalized spacial score (nSPS) is 10.7. The second-order valence-corrected chi connectivity index (χ2v) is 6.01. The molecule has 0 spiro atoms. The molecule has 0 N–H and O–H groups in total. The van der Waals surface area contributed by atoms with Crippen molar-refractivity contribution in [3.63, 3.8) is 0 Å². The summed E-state index contributed by atoms with van der Waals surface area (Å²) < 4.78 is 29.9. The molecule has 9 nitrogen and oxygen atoms in total. The van der Waals surface area contributed by atoms with Gasteiger partial charge in [-0.3, -0.25) is 0 Å². The molecule has 0 aromatic heterocycles. The molecular weight excluding hydrogens is 360 g/mol. The van der Waals surface area contributed by atoms with Crippen molar-refractivity contribution in [1.82, 2.24) is 0 Å². The van der Waals surface area contributed by atoms with Gasteiger partial charge in [0.25, 0.3) is 0 Å². The smallest absolute Gasteiger partial charge is 0.434 e. The molecule has 0 heterocycles. The van der Waals surface area contributed by atoms with Gasteiger partial charge in [-0.1, -0.05) is 27.7 Å². The molecule has 0 rings (SSSR count). The molecule has 0 atom stereocenters. The number of rotatable bonds is 13. The molecule has 0 aliphatic heterocycles. The Bertz CT molecular complexity index is 377. The van der Waals surface area contributed by atoms with Crippen molar-refractivity contribution in [2.45, 2.75) is 53.4 Å². The van der Waals surface area contributed by atoms with Crippen LogP contribution in [0.25, 0.3) is 0 Å². The lowest BCUT2D eigenvalue weighted by atomic mass is 9.88. The largest absolute Gasteiger partial charge is 0.508 e. The van der Waals surface area contributed by atoms with E-state index >= 15 is 0 Å². The SMILES string of the molecule is CCCOC(=O)OCC(CC)(COC(=O)OCCC)COC(=O)OCCC. The molecule has 0 aromatic rings. The van der Waals surface area contributed by atoms with E-state index in [4.69, 9.17) is 28.4 Å². The van der Waals surface area contributed by atoms with Crippen LogP contribution in [0, 0.1) is 5.41 Å². The lowest BCUT2D eigenvalue weighted by Gasteiger charge is -2.30. The third-order valence-electron chi connectivity index (χ3n) is 3.51. The summed E-state index contributed by atoms with van der Waals surface area (Å²) in [6.45, 7) is 7.59. The first-order valence-corrected chi connectivity index (χ1v) is 9.31. The van der Waals surface area contributed by atoms with E-state index in [9.17, 15) is 14.4 Å². The topological polar surface area (TPSA) is 107 Å². The first-order chi connectivity index (χ1) is 12.9. The maximum Gasteiger partial charge on any atom is 0.508 e. The second-order valence-electron chi connectivity index (χ2n) is 6.01. The summed E-state index contributed by atoms with van der Waals surface area (Å²) in [6.07, 6.45) is -0.131. The van der Waals surface area contributed by atoms with Gasteiger partial charge in [0.1, 0.15) is 19.8 Å². The number of carbonyl (C=O) groups is 3. The predicted molar refractivity (Wildman–Crippen MR) is 95.5 cm³/mol. The van der Waals surface area contributed by atoms with E-state index in [1.807, 2.05) is 20.8 Å². The van der Waals surface area contributed by atoms with Gasteiger partial charge in [0.15, 0.2) is 0 Å². The molecule has 0 amide bonds. The highest BCUT2D eigenvalue weighted by atomic mass is 16.7. The third-order valence-corrected chi connectivity index (χ3v) is 3.51. The van der Waals surface area contributed by atoms with E-state index in [1.54, 1.807) is 6.92 Å². The maximum absolute atomic E-state index is 11.6. The Morgan fingerprint density at radius 2 is 0.852 bits per heavy atom. The second kappa shape index (κ2) is 14.9. The zero-order chi connectivity index (χ0) is 20.5. The minimum absolute atomic E-state index is 0.159. The monoisotopic (exact) mass is 392 g/mol. The van der Waals surface area contributed by atoms with Crippen LogP contribution in [0.4, 0.5) is 14.4 Å². The Morgan fingerprint density at radius 3 is 1.07 bits per heavy atom. The molecule has 0 aliphatic rings. The van der Waals surface area contributed by atoms with Crippen molar-refractivity contribution in [3.8, 4) is 0 Å². The average Bonchev–Trinajstić information content (AvgIpc) is 2.68. The predicted octanol–water partition coefficient (Wildman–Crippen LogP) is 4.07. The van der Waals surface area contributed by atoms with Crippen LogP contribution in [-0.2, 0) is 28.4 Å². The summed E-state index contributed by atoms with van der Waals surface area (Å²) in [5, 5.41) is 0. The van der Waals surface area contributed by atoms with Crippen LogP contribution in [0.3, 0.4) is 0 Å². The molecular formula is C18H32O9. The first-order valence-electron chi connectivity index (χ1n) is 9.31. The highest BCUT2D eigenvalue weighted by Gasteiger charge is 2.35. The Kier molecular flexibility index (Phi) is 13.7. The summed E-state index contributed by atoms with van der Waals surface area (Å²) in [6, 6.07) is 0. The van der Waals surface area contributed by atoms with E-state index in [0.29, 0.717) is 25.7 Å². The van der Waals surface area contributed by atoms with Crippen LogP contribution in [0.2, 0.25) is 0 Å². The molecule has 0 saturated carbocycles. The highest BCUT2D eigenvalue weighted by molar-refractivity contribution is 5.61. The summed E-state index contributed by atoms with van der Waals surface area (Å²) >= 11 is 0. The number of carbonyl (C=O) groups excluding carboxylic acids is 3. The van der Waals surface area contributed by atoms with Gasteiger partial charge in [0, 0.05) is 0 Å². The fourth-order valence-electron chi connectivity index (χ4n) is 1.75. The molecule has 0 aromatic carbocycles. The van der Waals surface area contributed by atoms with Crippen molar-refractivity contribution in [2.75, 3.05) is 39.6 Å². The van der Waals surface area contributed by atoms with Crippen LogP contribution in [-0.4, -0.2) is 58.1 Å². The van der Waals surface area contributed by atoms with Gasteiger partial charge in [0.2, 0.25) is 0 Å². The Morgan fingerprint density at radius 1 is 0.556 bits per heavy atom. The van der Waals surface area contributed by atoms with Gasteiger partial charge in [0.05, 0.1) is 25.2 Å². The molecule has 0 bridgehead atoms. The molecule has 0 aliphatic carbocycles. The average molecular weight is 392 g/mol. The molecule has 9 heteroatoms. The minimum Gasteiger partial charge on any atom is -0.434 e. The molecule has 27 heavy (non-hydrogen) atoms. The van der Waals surface area contributed by atoms with Crippen LogP contribution < -0.4 is 0 Å². The third kappa shape index (κ3) is 11.9. The number of hydrogen-bond donors (Lipinski definition) is 0. The van der Waals surface area contributed by atoms with Gasteiger partial charge in [-0.2, -0.15) is 0 Å². The standard InChI is InChI=1S/C18H32O9/c1-5-9-22-15(19)25-12-18(8-4,13-26-16(20)23-10-6-2)14-27-17(21)24-11-7-3/h5-14H2,1-4H3. The Hall–Kier alpha value is -2.19. The summed E-state index contributed by atoms with van der Waals surface area (Å²) in [4.78, 5) is 34.8. The summed E-state index contributed by atoms with van der Waals surface area (Å²) in [5.74, 6) is 0. The Labute approximate surface area is 160 Å². The van der Waals surface area contributed by atoms with Crippen LogP contribution in [0.1, 0.15) is 53.4 Å². The summed E-state index contributed by atoms with van der Waals surface area (Å²) in [5.41, 5.74) is -0.943. The van der Waals surface area contributed by atoms with Crippen LogP contribution >= 0.6 is 0 Å². The lowest BCUT2D eigenvalue weighted by molar-refractivity contribution is -0.0554. The first kappa shape index (κ1) is 24.8. The molecule has 0 radical (unpaired) electrons. The maximum atomic E-state index is 11.6. The van der Waals surface area contributed by atoms with Crippen LogP contribution in [0.15, 0.2) is 0 Å². The molecule has 0 fully saturated rings. The van der Waals surface area contributed by atoms with Gasteiger partial charge in [-0.05, 0) is 25.7 Å². The number of ether oxygens (including phenoxy) is 6. The molecule has 0 saturated heterocycles. The van der Waals surface area contributed by atoms with Gasteiger partial charge >= 0.3 is 18.5 Å². The van der Waals surface area contributed by atoms with Crippen molar-refractivity contribution in [1.29, 1.82) is 0 Å². The highest BCUT2D eigenvalue weighted by Crippen LogP contribution is 2.25. The quantitative estimate of drug-likeness (QED) is 0.338. The number of hydrogen-bond acceptors (Lipinski definition) is 9. The minimum atomic E-state index is -0.943. The fourth-order valence-corrected chi connectivity index (χ4v) is 1.75. The van der Waals surface area contributed by atoms with E-state index in [1.165, 1.54) is 0 Å². The zero-order valence-electron chi connectivity index (χ0n) is 16.7. The zero-order valence-corrected chi connectivity index (χ0v) is 16.7. The van der Waals surface area contributed by atoms with Crippen molar-refractivity contribution in [3.05, 3.63) is 0 Å². The van der Waals surface area contributed by atoms with E-state index in [0.717, 1.165) is 0 Å².